The maximum atomic E-state index is 14.3. The fourth-order valence-corrected chi connectivity index (χ4v) is 7.59. The van der Waals surface area contributed by atoms with E-state index < -0.39 is 11.8 Å². The second-order valence-corrected chi connectivity index (χ2v) is 12.9. The third-order valence-corrected chi connectivity index (χ3v) is 9.74. The molecule has 0 radical (unpaired) electrons. The van der Waals surface area contributed by atoms with Gasteiger partial charge in [0.05, 0.1) is 42.6 Å². The molecule has 45 heavy (non-hydrogen) atoms. The first-order valence-electron chi connectivity index (χ1n) is 13.3. The second kappa shape index (κ2) is 11.1. The minimum atomic E-state index is -0.655. The summed E-state index contributed by atoms with van der Waals surface area (Å²) in [6, 6.07) is 16.4. The number of amides is 2. The lowest BCUT2D eigenvalue weighted by Gasteiger charge is -2.19. The van der Waals surface area contributed by atoms with E-state index >= 15 is 0 Å². The fourth-order valence-electron chi connectivity index (χ4n) is 4.90. The van der Waals surface area contributed by atoms with Gasteiger partial charge in [-0.25, -0.2) is 28.0 Å². The van der Waals surface area contributed by atoms with E-state index in [9.17, 15) is 18.4 Å². The molecule has 14 heteroatoms. The Bertz CT molecular complexity index is 2160. The maximum absolute atomic E-state index is 14.3. The molecule has 0 atom stereocenters. The smallest absolute Gasteiger partial charge is 0.267 e. The quantitative estimate of drug-likeness (QED) is 0.170. The van der Waals surface area contributed by atoms with Gasteiger partial charge in [0.25, 0.3) is 11.8 Å². The number of rotatable bonds is 5. The summed E-state index contributed by atoms with van der Waals surface area (Å²) in [6.45, 7) is 3.60. The average Bonchev–Trinajstić information content (AvgIpc) is 3.78. The van der Waals surface area contributed by atoms with E-state index in [1.54, 1.807) is 59.6 Å². The van der Waals surface area contributed by atoms with Gasteiger partial charge in [-0.3, -0.25) is 9.59 Å². The number of thiophene rings is 2. The topological polar surface area (TPSA) is 85.9 Å². The molecule has 5 aromatic heterocycles. The van der Waals surface area contributed by atoms with Crippen molar-refractivity contribution in [1.82, 2.24) is 24.5 Å². The molecule has 7 aromatic rings. The van der Waals surface area contributed by atoms with Crippen LogP contribution in [0, 0.1) is 25.5 Å². The molecule has 2 amide bonds. The third kappa shape index (κ3) is 5.09. The summed E-state index contributed by atoms with van der Waals surface area (Å²) in [4.78, 5) is 35.5. The van der Waals surface area contributed by atoms with E-state index in [2.05, 4.69) is 15.2 Å². The Hall–Kier alpha value is -4.49. The van der Waals surface area contributed by atoms with E-state index in [-0.39, 0.29) is 37.3 Å². The van der Waals surface area contributed by atoms with Crippen molar-refractivity contribution in [2.24, 2.45) is 0 Å². The van der Waals surface area contributed by atoms with Gasteiger partial charge in [0, 0.05) is 17.0 Å². The van der Waals surface area contributed by atoms with Crippen LogP contribution in [-0.4, -0.2) is 36.4 Å². The molecule has 0 aliphatic carbocycles. The fraction of sp³-hybridized carbons (Fsp3) is 0.0645. The van der Waals surface area contributed by atoms with E-state index in [1.807, 2.05) is 0 Å². The molecule has 0 bridgehead atoms. The highest BCUT2D eigenvalue weighted by atomic mass is 35.5. The largest absolute Gasteiger partial charge is 0.276 e. The Kier molecular flexibility index (Phi) is 7.24. The van der Waals surface area contributed by atoms with Crippen LogP contribution in [0.1, 0.15) is 30.7 Å². The first kappa shape index (κ1) is 29.2. The Morgan fingerprint density at radius 1 is 0.733 bits per heavy atom. The van der Waals surface area contributed by atoms with E-state index in [1.165, 1.54) is 36.5 Å². The van der Waals surface area contributed by atoms with E-state index in [0.29, 0.717) is 43.2 Å². The summed E-state index contributed by atoms with van der Waals surface area (Å²) in [5, 5.41) is 10.8. The van der Waals surface area contributed by atoms with Crippen molar-refractivity contribution in [3.63, 3.8) is 0 Å². The average molecular weight is 680 g/mol. The normalized spacial score (nSPS) is 11.5. The number of hydrogen-bond acceptors (Lipinski definition) is 7. The second-order valence-electron chi connectivity index (χ2n) is 10.0. The molecular weight excluding hydrogens is 661 g/mol. The zero-order chi connectivity index (χ0) is 31.6. The predicted molar refractivity (Wildman–Crippen MR) is 173 cm³/mol. The predicted octanol–water partition coefficient (Wildman–Crippen LogP) is 8.57. The highest BCUT2D eigenvalue weighted by Gasteiger charge is 2.33. The molecule has 8 nitrogen and oxygen atoms in total. The van der Waals surface area contributed by atoms with Crippen molar-refractivity contribution in [2.45, 2.75) is 13.8 Å². The van der Waals surface area contributed by atoms with E-state index in [4.69, 9.17) is 23.2 Å². The summed E-state index contributed by atoms with van der Waals surface area (Å²) in [5.74, 6) is -2.16. The van der Waals surface area contributed by atoms with Crippen molar-refractivity contribution < 1.29 is 18.4 Å². The molecule has 0 fully saturated rings. The summed E-state index contributed by atoms with van der Waals surface area (Å²) in [5.41, 5.74) is 2.52. The van der Waals surface area contributed by atoms with Crippen molar-refractivity contribution in [2.75, 3.05) is 4.90 Å². The number of halogens is 4. The lowest BCUT2D eigenvalue weighted by Crippen LogP contribution is -2.37. The number of fused-ring (bicyclic) bond motifs is 2. The summed E-state index contributed by atoms with van der Waals surface area (Å²) >= 11 is 14.9. The first-order valence-corrected chi connectivity index (χ1v) is 15.7. The number of nitrogens with zero attached hydrogens (tertiary/aromatic N) is 6. The van der Waals surface area contributed by atoms with Gasteiger partial charge in [-0.05, 0) is 80.6 Å². The number of aryl methyl sites for hydroxylation is 2. The number of carbonyl (C=O) groups is 2. The zero-order valence-electron chi connectivity index (χ0n) is 23.3. The minimum absolute atomic E-state index is 0.00811. The van der Waals surface area contributed by atoms with Crippen LogP contribution >= 0.6 is 45.9 Å². The van der Waals surface area contributed by atoms with Crippen LogP contribution in [0.25, 0.3) is 31.8 Å². The number of hydrogen-bond donors (Lipinski definition) is 0. The van der Waals surface area contributed by atoms with Crippen LogP contribution in [0.15, 0.2) is 72.9 Å². The standard InChI is InChI=1S/C31H18Cl2F2N6O2S2/c1-15-22-12-25(44-30(22)40(37-15)20-7-3-18(34)4-8-20)28(42)39(27-24(33)11-17(32)14-36-27)29(43)26-13-23-16(2)38-41(31(23)45-26)21-9-5-19(35)6-10-21/h3-14H,1-2H3. The van der Waals surface area contributed by atoms with Crippen LogP contribution < -0.4 is 4.90 Å². The van der Waals surface area contributed by atoms with Crippen molar-refractivity contribution >= 4 is 83.9 Å². The molecule has 224 valence electrons. The molecule has 0 aliphatic heterocycles. The molecule has 5 heterocycles. The number of carbonyl (C=O) groups excluding carboxylic acids is 2. The van der Waals surface area contributed by atoms with Gasteiger partial charge >= 0.3 is 0 Å². The zero-order valence-corrected chi connectivity index (χ0v) is 26.4. The van der Waals surface area contributed by atoms with Crippen LogP contribution in [0.4, 0.5) is 14.6 Å². The Morgan fingerprint density at radius 2 is 1.18 bits per heavy atom. The molecule has 0 unspecified atom stereocenters. The number of benzene rings is 2. The number of aromatic nitrogens is 5. The first-order chi connectivity index (χ1) is 21.6. The van der Waals surface area contributed by atoms with Crippen LogP contribution in [0.2, 0.25) is 10.0 Å². The van der Waals surface area contributed by atoms with Crippen molar-refractivity contribution in [3.8, 4) is 11.4 Å². The molecule has 0 spiro atoms. The van der Waals surface area contributed by atoms with Crippen molar-refractivity contribution in [3.05, 3.63) is 116 Å². The maximum Gasteiger partial charge on any atom is 0.276 e. The van der Waals surface area contributed by atoms with Crippen LogP contribution in [-0.2, 0) is 0 Å². The summed E-state index contributed by atoms with van der Waals surface area (Å²) in [7, 11) is 0. The number of anilines is 1. The molecule has 0 saturated carbocycles. The molecule has 2 aromatic carbocycles. The lowest BCUT2D eigenvalue weighted by atomic mass is 10.2. The number of imide groups is 1. The summed E-state index contributed by atoms with van der Waals surface area (Å²) < 4.78 is 30.4. The monoisotopic (exact) mass is 678 g/mol. The van der Waals surface area contributed by atoms with Gasteiger partial charge in [-0.1, -0.05) is 23.2 Å². The molecule has 0 aliphatic rings. The molecule has 7 rings (SSSR count). The molecule has 0 N–H and O–H groups in total. The van der Waals surface area contributed by atoms with Gasteiger partial charge in [0.1, 0.15) is 21.3 Å². The highest BCUT2D eigenvalue weighted by Crippen LogP contribution is 2.37. The molecular formula is C31H18Cl2F2N6O2S2. The van der Waals surface area contributed by atoms with Gasteiger partial charge in [-0.15, -0.1) is 22.7 Å². The van der Waals surface area contributed by atoms with Gasteiger partial charge in [0.2, 0.25) is 0 Å². The minimum Gasteiger partial charge on any atom is -0.267 e. The van der Waals surface area contributed by atoms with Crippen molar-refractivity contribution in [1.29, 1.82) is 0 Å². The third-order valence-electron chi connectivity index (χ3n) is 7.06. The highest BCUT2D eigenvalue weighted by molar-refractivity contribution is 7.21. The Morgan fingerprint density at radius 3 is 1.60 bits per heavy atom. The van der Waals surface area contributed by atoms with Gasteiger partial charge in [-0.2, -0.15) is 10.2 Å². The van der Waals surface area contributed by atoms with Gasteiger partial charge in [0.15, 0.2) is 5.82 Å². The SMILES string of the molecule is Cc1nn(-c2ccc(F)cc2)c2sc(C(=O)N(C(=O)c3cc4c(C)nn(-c5ccc(F)cc5)c4s3)c3ncc(Cl)cc3Cl)cc12. The van der Waals surface area contributed by atoms with Crippen LogP contribution in [0.5, 0.6) is 0 Å². The lowest BCUT2D eigenvalue weighted by molar-refractivity contribution is 0.0901. The van der Waals surface area contributed by atoms with Crippen LogP contribution in [0.3, 0.4) is 0 Å². The summed E-state index contributed by atoms with van der Waals surface area (Å²) in [6.07, 6.45) is 1.30. The number of pyridine rings is 1. The van der Waals surface area contributed by atoms with E-state index in [0.717, 1.165) is 27.6 Å². The Labute approximate surface area is 271 Å². The van der Waals surface area contributed by atoms with Gasteiger partial charge < -0.3 is 0 Å². The Balaban J connectivity index is 1.34. The molecule has 0 saturated heterocycles.